The first-order chi connectivity index (χ1) is 20.8. The molecule has 0 saturated heterocycles. The second kappa shape index (κ2) is 14.1. The highest BCUT2D eigenvalue weighted by Gasteiger charge is 2.13. The number of nitrogens with zero attached hydrogens (tertiary/aromatic N) is 3. The summed E-state index contributed by atoms with van der Waals surface area (Å²) in [6, 6.07) is 14.7. The van der Waals surface area contributed by atoms with Gasteiger partial charge in [-0.3, -0.25) is 10.1 Å². The topological polar surface area (TPSA) is 105 Å². The lowest BCUT2D eigenvalue weighted by molar-refractivity contribution is 0.251. The number of carbonyl (C=O) groups is 1. The molecule has 0 saturated carbocycles. The van der Waals surface area contributed by atoms with Gasteiger partial charge in [0.25, 0.3) is 0 Å². The van der Waals surface area contributed by atoms with Crippen LogP contribution in [0.4, 0.5) is 9.93 Å². The van der Waals surface area contributed by atoms with E-state index in [2.05, 4.69) is 31.7 Å². The average molecular weight is 652 g/mol. The van der Waals surface area contributed by atoms with Gasteiger partial charge >= 0.3 is 6.03 Å². The molecular formula is C31H28Cl2N6O2S2. The van der Waals surface area contributed by atoms with Crippen LogP contribution in [0.1, 0.15) is 28.2 Å². The summed E-state index contributed by atoms with van der Waals surface area (Å²) in [6.45, 7) is 2.79. The number of carbonyl (C=O) groups excluding carboxylic acids is 1. The van der Waals surface area contributed by atoms with Crippen LogP contribution in [0, 0.1) is 6.92 Å². The third-order valence-corrected chi connectivity index (χ3v) is 9.44. The molecule has 0 aliphatic rings. The van der Waals surface area contributed by atoms with E-state index in [1.54, 1.807) is 54.6 Å². The number of aromatic amines is 1. The first-order valence-electron chi connectivity index (χ1n) is 13.3. The quantitative estimate of drug-likeness (QED) is 0.135. The molecule has 0 radical (unpaired) electrons. The number of urea groups is 1. The molecule has 3 N–H and O–H groups in total. The number of pyridine rings is 1. The minimum atomic E-state index is -0.338. The third kappa shape index (κ3) is 7.77. The summed E-state index contributed by atoms with van der Waals surface area (Å²) in [7, 11) is 0. The summed E-state index contributed by atoms with van der Waals surface area (Å²) in [5.74, 6) is 0.644. The van der Waals surface area contributed by atoms with E-state index in [1.807, 2.05) is 48.1 Å². The van der Waals surface area contributed by atoms with Crippen LogP contribution < -0.4 is 16.1 Å². The highest BCUT2D eigenvalue weighted by atomic mass is 35.5. The SMILES string of the molecule is CSc1cnc(NC(=O)NCc2ncc(-c3ccc(/C=C/Cn4ccc(=O)c(Cc5c(Cl)cccc5Cl)c4C)cc3)[nH]2)s1. The fourth-order valence-electron chi connectivity index (χ4n) is 4.40. The van der Waals surface area contributed by atoms with Gasteiger partial charge in [-0.25, -0.2) is 14.8 Å². The number of benzene rings is 2. The fraction of sp³-hybridized carbons (Fsp3) is 0.161. The molecule has 0 unspecified atom stereocenters. The molecule has 0 aliphatic carbocycles. The lowest BCUT2D eigenvalue weighted by Gasteiger charge is -2.14. The van der Waals surface area contributed by atoms with Crippen LogP contribution in [-0.4, -0.2) is 31.8 Å². The van der Waals surface area contributed by atoms with E-state index in [-0.39, 0.29) is 18.0 Å². The van der Waals surface area contributed by atoms with Crippen LogP contribution in [0.5, 0.6) is 0 Å². The normalized spacial score (nSPS) is 11.3. The van der Waals surface area contributed by atoms with Crippen molar-refractivity contribution in [2.24, 2.45) is 0 Å². The zero-order valence-electron chi connectivity index (χ0n) is 23.4. The molecule has 220 valence electrons. The molecule has 0 bridgehead atoms. The van der Waals surface area contributed by atoms with Crippen molar-refractivity contribution in [2.75, 3.05) is 11.6 Å². The Labute approximate surface area is 267 Å². The zero-order valence-corrected chi connectivity index (χ0v) is 26.5. The molecular weight excluding hydrogens is 623 g/mol. The molecule has 0 fully saturated rings. The Morgan fingerprint density at radius 1 is 1.07 bits per heavy atom. The van der Waals surface area contributed by atoms with Crippen molar-refractivity contribution in [1.82, 2.24) is 24.8 Å². The Hall–Kier alpha value is -3.83. The first-order valence-corrected chi connectivity index (χ1v) is 16.1. The number of anilines is 1. The van der Waals surface area contributed by atoms with E-state index < -0.39 is 0 Å². The Balaban J connectivity index is 1.17. The molecule has 3 aromatic heterocycles. The number of thiazole rings is 1. The Morgan fingerprint density at radius 2 is 1.84 bits per heavy atom. The molecule has 0 aliphatic heterocycles. The number of H-pyrrole nitrogens is 1. The van der Waals surface area contributed by atoms with Crippen molar-refractivity contribution in [2.45, 2.75) is 30.6 Å². The Morgan fingerprint density at radius 3 is 2.56 bits per heavy atom. The zero-order chi connectivity index (χ0) is 30.3. The van der Waals surface area contributed by atoms with Gasteiger partial charge in [-0.1, -0.05) is 77.0 Å². The number of allylic oxidation sites excluding steroid dienone is 1. The lowest BCUT2D eigenvalue weighted by atomic mass is 10.0. The summed E-state index contributed by atoms with van der Waals surface area (Å²) in [5, 5.41) is 7.17. The predicted octanol–water partition coefficient (Wildman–Crippen LogP) is 7.66. The smallest absolute Gasteiger partial charge is 0.321 e. The van der Waals surface area contributed by atoms with Crippen LogP contribution in [0.3, 0.4) is 0 Å². The van der Waals surface area contributed by atoms with Crippen molar-refractivity contribution in [3.05, 3.63) is 122 Å². The molecule has 8 nitrogen and oxygen atoms in total. The molecule has 0 atom stereocenters. The third-order valence-electron chi connectivity index (χ3n) is 6.77. The molecule has 5 rings (SSSR count). The van der Waals surface area contributed by atoms with Gasteiger partial charge in [-0.05, 0) is 42.0 Å². The highest BCUT2D eigenvalue weighted by molar-refractivity contribution is 8.00. The van der Waals surface area contributed by atoms with Crippen molar-refractivity contribution < 1.29 is 4.79 Å². The number of thioether (sulfide) groups is 1. The maximum atomic E-state index is 12.7. The molecule has 2 amide bonds. The maximum absolute atomic E-state index is 12.7. The predicted molar refractivity (Wildman–Crippen MR) is 178 cm³/mol. The molecule has 12 heteroatoms. The summed E-state index contributed by atoms with van der Waals surface area (Å²) in [6.07, 6.45) is 11.7. The Bertz CT molecular complexity index is 1810. The van der Waals surface area contributed by atoms with Crippen LogP contribution in [0.2, 0.25) is 10.0 Å². The first kappa shape index (κ1) is 30.6. The average Bonchev–Trinajstić information content (AvgIpc) is 3.67. The summed E-state index contributed by atoms with van der Waals surface area (Å²) in [5.41, 5.74) is 5.13. The number of rotatable bonds is 10. The largest absolute Gasteiger partial charge is 0.347 e. The minimum Gasteiger partial charge on any atom is -0.347 e. The van der Waals surface area contributed by atoms with Gasteiger partial charge in [0.2, 0.25) is 0 Å². The van der Waals surface area contributed by atoms with Gasteiger partial charge in [0.1, 0.15) is 5.82 Å². The van der Waals surface area contributed by atoms with E-state index >= 15 is 0 Å². The van der Waals surface area contributed by atoms with Crippen molar-refractivity contribution in [3.8, 4) is 11.3 Å². The van der Waals surface area contributed by atoms with E-state index in [0.29, 0.717) is 39.5 Å². The molecule has 43 heavy (non-hydrogen) atoms. The number of amides is 2. The van der Waals surface area contributed by atoms with E-state index in [9.17, 15) is 9.59 Å². The highest BCUT2D eigenvalue weighted by Crippen LogP contribution is 2.27. The van der Waals surface area contributed by atoms with Crippen LogP contribution in [0.15, 0.2) is 82.2 Å². The van der Waals surface area contributed by atoms with E-state index in [4.69, 9.17) is 23.2 Å². The second-order valence-electron chi connectivity index (χ2n) is 9.54. The van der Waals surface area contributed by atoms with Gasteiger partial charge in [0.15, 0.2) is 10.6 Å². The van der Waals surface area contributed by atoms with Crippen LogP contribution in [0.25, 0.3) is 17.3 Å². The number of halogens is 2. The minimum absolute atomic E-state index is 0.0363. The second-order valence-corrected chi connectivity index (χ2v) is 12.5. The molecule has 5 aromatic rings. The monoisotopic (exact) mass is 650 g/mol. The van der Waals surface area contributed by atoms with Crippen LogP contribution in [-0.2, 0) is 19.5 Å². The summed E-state index contributed by atoms with van der Waals surface area (Å²) in [4.78, 5) is 36.7. The van der Waals surface area contributed by atoms with Crippen LogP contribution >= 0.6 is 46.3 Å². The van der Waals surface area contributed by atoms with Gasteiger partial charge in [-0.2, -0.15) is 0 Å². The number of hydrogen-bond acceptors (Lipinski definition) is 6. The van der Waals surface area contributed by atoms with Gasteiger partial charge < -0.3 is 14.9 Å². The standard InChI is InChI=1S/C31H28Cl2N6O2S2/c1-19-22(15-23-24(32)6-3-7-25(23)33)27(40)12-14-39(19)13-4-5-20-8-10-21(11-9-20)26-16-34-28(37-26)17-35-30(41)38-31-36-18-29(42-2)43-31/h3-12,14,16,18H,13,15,17H2,1-2H3,(H,34,37)(H2,35,36,38,41)/b5-4+. The Kier molecular flexibility index (Phi) is 10.0. The maximum Gasteiger partial charge on any atom is 0.321 e. The lowest BCUT2D eigenvalue weighted by Crippen LogP contribution is -2.28. The number of aromatic nitrogens is 4. The number of hydrogen-bond donors (Lipinski definition) is 3. The van der Waals surface area contributed by atoms with E-state index in [1.165, 1.54) is 11.3 Å². The van der Waals surface area contributed by atoms with Crippen molar-refractivity contribution in [3.63, 3.8) is 0 Å². The van der Waals surface area contributed by atoms with Gasteiger partial charge in [0.05, 0.1) is 28.8 Å². The van der Waals surface area contributed by atoms with Crippen molar-refractivity contribution in [1.29, 1.82) is 0 Å². The summed E-state index contributed by atoms with van der Waals surface area (Å²) >= 11 is 15.7. The molecule has 0 spiro atoms. The fourth-order valence-corrected chi connectivity index (χ4v) is 6.21. The molecule has 3 heterocycles. The van der Waals surface area contributed by atoms with Gasteiger partial charge in [-0.15, -0.1) is 11.8 Å². The molecule has 2 aromatic carbocycles. The van der Waals surface area contributed by atoms with E-state index in [0.717, 1.165) is 32.3 Å². The summed E-state index contributed by atoms with van der Waals surface area (Å²) < 4.78 is 3.06. The number of nitrogens with one attached hydrogen (secondary N) is 3. The van der Waals surface area contributed by atoms with Gasteiger partial charge in [0, 0.05) is 46.5 Å². The number of imidazole rings is 1. The van der Waals surface area contributed by atoms with Crippen molar-refractivity contribution >= 4 is 63.5 Å².